The minimum Gasteiger partial charge on any atom is -0.508 e. The molecule has 5 heteroatoms. The standard InChI is InChI=1S/C15H14FNO3/c1-9-3-2-4-12(5-9)17-14(15(19)20)10-6-11(16)8-13(18)7-10/h2-8,14,17-18H,1H3,(H,19,20). The lowest BCUT2D eigenvalue weighted by Gasteiger charge is -2.17. The molecule has 2 aromatic carbocycles. The Morgan fingerprint density at radius 1 is 1.25 bits per heavy atom. The molecule has 0 bridgehead atoms. The summed E-state index contributed by atoms with van der Waals surface area (Å²) in [7, 11) is 0. The van der Waals surface area contributed by atoms with E-state index in [0.717, 1.165) is 17.7 Å². The smallest absolute Gasteiger partial charge is 0.330 e. The summed E-state index contributed by atoms with van der Waals surface area (Å²) in [4.78, 5) is 11.3. The van der Waals surface area contributed by atoms with E-state index in [1.807, 2.05) is 13.0 Å². The number of halogens is 1. The lowest BCUT2D eigenvalue weighted by molar-refractivity contribution is -0.138. The van der Waals surface area contributed by atoms with Crippen LogP contribution in [-0.2, 0) is 4.79 Å². The number of aryl methyl sites for hydroxylation is 1. The number of carbonyl (C=O) groups is 1. The van der Waals surface area contributed by atoms with E-state index in [4.69, 9.17) is 0 Å². The number of hydrogen-bond donors (Lipinski definition) is 3. The van der Waals surface area contributed by atoms with Crippen LogP contribution in [0.25, 0.3) is 0 Å². The number of anilines is 1. The molecule has 0 aliphatic carbocycles. The van der Waals surface area contributed by atoms with Gasteiger partial charge in [-0.15, -0.1) is 0 Å². The van der Waals surface area contributed by atoms with E-state index in [0.29, 0.717) is 5.69 Å². The number of phenols is 1. The maximum atomic E-state index is 13.3. The van der Waals surface area contributed by atoms with Crippen molar-refractivity contribution in [1.29, 1.82) is 0 Å². The predicted molar refractivity (Wildman–Crippen MR) is 73.2 cm³/mol. The Labute approximate surface area is 115 Å². The summed E-state index contributed by atoms with van der Waals surface area (Å²) >= 11 is 0. The second-order valence-corrected chi connectivity index (χ2v) is 4.53. The van der Waals surface area contributed by atoms with Crippen LogP contribution in [0.1, 0.15) is 17.2 Å². The SMILES string of the molecule is Cc1cccc(NC(C(=O)O)c2cc(O)cc(F)c2)c1. The van der Waals surface area contributed by atoms with Gasteiger partial charge in [0.2, 0.25) is 0 Å². The van der Waals surface area contributed by atoms with E-state index in [2.05, 4.69) is 5.32 Å². The fourth-order valence-corrected chi connectivity index (χ4v) is 1.95. The molecular weight excluding hydrogens is 261 g/mol. The number of aliphatic carboxylic acids is 1. The summed E-state index contributed by atoms with van der Waals surface area (Å²) in [6.07, 6.45) is 0. The molecular formula is C15H14FNO3. The number of hydrogen-bond acceptors (Lipinski definition) is 3. The molecule has 0 saturated carbocycles. The molecule has 0 fully saturated rings. The summed E-state index contributed by atoms with van der Waals surface area (Å²) in [5.74, 6) is -2.15. The van der Waals surface area contributed by atoms with Crippen LogP contribution in [0.5, 0.6) is 5.75 Å². The van der Waals surface area contributed by atoms with Gasteiger partial charge in [0.05, 0.1) is 0 Å². The van der Waals surface area contributed by atoms with E-state index in [-0.39, 0.29) is 11.3 Å². The van der Waals surface area contributed by atoms with Crippen molar-refractivity contribution in [2.45, 2.75) is 13.0 Å². The Balaban J connectivity index is 2.34. The molecule has 0 radical (unpaired) electrons. The van der Waals surface area contributed by atoms with Gasteiger partial charge in [-0.25, -0.2) is 9.18 Å². The van der Waals surface area contributed by atoms with Gasteiger partial charge < -0.3 is 15.5 Å². The van der Waals surface area contributed by atoms with E-state index in [1.54, 1.807) is 18.2 Å². The molecule has 0 aliphatic heterocycles. The molecule has 2 rings (SSSR count). The summed E-state index contributed by atoms with van der Waals surface area (Å²) in [5, 5.41) is 21.5. The summed E-state index contributed by atoms with van der Waals surface area (Å²) < 4.78 is 13.3. The van der Waals surface area contributed by atoms with Crippen molar-refractivity contribution in [3.05, 3.63) is 59.4 Å². The minimum absolute atomic E-state index is 0.150. The van der Waals surface area contributed by atoms with Gasteiger partial charge in [-0.05, 0) is 42.3 Å². The maximum Gasteiger partial charge on any atom is 0.330 e. The molecule has 1 unspecified atom stereocenters. The average Bonchev–Trinajstić information content (AvgIpc) is 2.34. The maximum absolute atomic E-state index is 13.3. The molecule has 0 aliphatic rings. The zero-order chi connectivity index (χ0) is 14.7. The number of rotatable bonds is 4. The monoisotopic (exact) mass is 275 g/mol. The van der Waals surface area contributed by atoms with Crippen LogP contribution in [0.15, 0.2) is 42.5 Å². The molecule has 20 heavy (non-hydrogen) atoms. The van der Waals surface area contributed by atoms with Gasteiger partial charge in [-0.1, -0.05) is 12.1 Å². The Morgan fingerprint density at radius 3 is 2.60 bits per heavy atom. The molecule has 3 N–H and O–H groups in total. The molecule has 0 aromatic heterocycles. The fraction of sp³-hybridized carbons (Fsp3) is 0.133. The Hall–Kier alpha value is -2.56. The van der Waals surface area contributed by atoms with Crippen molar-refractivity contribution < 1.29 is 19.4 Å². The molecule has 2 aromatic rings. The lowest BCUT2D eigenvalue weighted by Crippen LogP contribution is -2.20. The Kier molecular flexibility index (Phi) is 3.89. The van der Waals surface area contributed by atoms with Gasteiger partial charge in [0.1, 0.15) is 11.6 Å². The number of phenolic OH excluding ortho intramolecular Hbond substituents is 1. The van der Waals surface area contributed by atoms with Crippen LogP contribution in [0.3, 0.4) is 0 Å². The first kappa shape index (κ1) is 13.9. The van der Waals surface area contributed by atoms with Crippen LogP contribution in [0.2, 0.25) is 0 Å². The number of carboxylic acids is 1. The topological polar surface area (TPSA) is 69.6 Å². The van der Waals surface area contributed by atoms with Crippen LogP contribution in [-0.4, -0.2) is 16.2 Å². The van der Waals surface area contributed by atoms with Crippen molar-refractivity contribution >= 4 is 11.7 Å². The molecule has 104 valence electrons. The zero-order valence-electron chi connectivity index (χ0n) is 10.8. The van der Waals surface area contributed by atoms with Crippen molar-refractivity contribution in [1.82, 2.24) is 0 Å². The second-order valence-electron chi connectivity index (χ2n) is 4.53. The molecule has 0 saturated heterocycles. The highest BCUT2D eigenvalue weighted by atomic mass is 19.1. The highest BCUT2D eigenvalue weighted by Gasteiger charge is 2.21. The molecule has 0 amide bonds. The Morgan fingerprint density at radius 2 is 2.00 bits per heavy atom. The van der Waals surface area contributed by atoms with Gasteiger partial charge in [0, 0.05) is 11.8 Å². The van der Waals surface area contributed by atoms with E-state index in [9.17, 15) is 19.4 Å². The van der Waals surface area contributed by atoms with Crippen molar-refractivity contribution in [3.8, 4) is 5.75 Å². The van der Waals surface area contributed by atoms with Crippen LogP contribution in [0, 0.1) is 12.7 Å². The zero-order valence-corrected chi connectivity index (χ0v) is 10.8. The van der Waals surface area contributed by atoms with E-state index >= 15 is 0 Å². The van der Waals surface area contributed by atoms with Crippen molar-refractivity contribution in [2.75, 3.05) is 5.32 Å². The lowest BCUT2D eigenvalue weighted by atomic mass is 10.1. The number of nitrogens with one attached hydrogen (secondary N) is 1. The van der Waals surface area contributed by atoms with Gasteiger partial charge in [-0.2, -0.15) is 0 Å². The summed E-state index contributed by atoms with van der Waals surface area (Å²) in [6.45, 7) is 1.88. The summed E-state index contributed by atoms with van der Waals surface area (Å²) in [6, 6.07) is 9.28. The first-order valence-corrected chi connectivity index (χ1v) is 6.01. The number of benzene rings is 2. The van der Waals surface area contributed by atoms with Crippen molar-refractivity contribution in [2.24, 2.45) is 0 Å². The number of aromatic hydroxyl groups is 1. The molecule has 0 spiro atoms. The average molecular weight is 275 g/mol. The Bertz CT molecular complexity index is 623. The van der Waals surface area contributed by atoms with Crippen LogP contribution in [0.4, 0.5) is 10.1 Å². The quantitative estimate of drug-likeness (QED) is 0.802. The van der Waals surface area contributed by atoms with E-state index in [1.165, 1.54) is 6.07 Å². The normalized spacial score (nSPS) is 11.9. The second kappa shape index (κ2) is 5.61. The number of carboxylic acid groups (broad SMARTS) is 1. The molecule has 1 atom stereocenters. The third-order valence-electron chi connectivity index (χ3n) is 2.81. The van der Waals surface area contributed by atoms with E-state index < -0.39 is 17.8 Å². The van der Waals surface area contributed by atoms with Crippen LogP contribution < -0.4 is 5.32 Å². The molecule has 4 nitrogen and oxygen atoms in total. The van der Waals surface area contributed by atoms with Crippen molar-refractivity contribution in [3.63, 3.8) is 0 Å². The third kappa shape index (κ3) is 3.26. The predicted octanol–water partition coefficient (Wildman–Crippen LogP) is 3.08. The van der Waals surface area contributed by atoms with Gasteiger partial charge in [0.15, 0.2) is 6.04 Å². The van der Waals surface area contributed by atoms with Gasteiger partial charge in [-0.3, -0.25) is 0 Å². The molecule has 0 heterocycles. The van der Waals surface area contributed by atoms with Crippen LogP contribution >= 0.6 is 0 Å². The minimum atomic E-state index is -1.16. The largest absolute Gasteiger partial charge is 0.508 e. The first-order valence-electron chi connectivity index (χ1n) is 6.01. The van der Waals surface area contributed by atoms with Gasteiger partial charge in [0.25, 0.3) is 0 Å². The summed E-state index contributed by atoms with van der Waals surface area (Å²) in [5.41, 5.74) is 1.74. The van der Waals surface area contributed by atoms with Gasteiger partial charge >= 0.3 is 5.97 Å². The highest BCUT2D eigenvalue weighted by molar-refractivity contribution is 5.79. The first-order chi connectivity index (χ1) is 9.45. The highest BCUT2D eigenvalue weighted by Crippen LogP contribution is 2.24. The third-order valence-corrected chi connectivity index (χ3v) is 2.81. The fourth-order valence-electron chi connectivity index (χ4n) is 1.95.